The van der Waals surface area contributed by atoms with Crippen molar-refractivity contribution in [3.63, 3.8) is 0 Å². The van der Waals surface area contributed by atoms with Crippen molar-refractivity contribution < 1.29 is 51.0 Å². The minimum absolute atomic E-state index is 0.00314. The van der Waals surface area contributed by atoms with Gasteiger partial charge in [-0.2, -0.15) is 0 Å². The quantitative estimate of drug-likeness (QED) is 0.0831. The predicted octanol–water partition coefficient (Wildman–Crippen LogP) is 6.09. The van der Waals surface area contributed by atoms with Crippen LogP contribution in [-0.2, 0) is 37.4 Å². The Labute approximate surface area is 330 Å². The summed E-state index contributed by atoms with van der Waals surface area (Å²) < 4.78 is 57.0. The van der Waals surface area contributed by atoms with Gasteiger partial charge in [-0.25, -0.2) is 18.2 Å². The van der Waals surface area contributed by atoms with E-state index in [9.17, 15) is 22.8 Å². The lowest BCUT2D eigenvalue weighted by atomic mass is 9.91. The molecular formula is C37H52N4O11S3. The fourth-order valence-electron chi connectivity index (χ4n) is 6.11. The Hall–Kier alpha value is -3.71. The van der Waals surface area contributed by atoms with E-state index in [1.165, 1.54) is 11.0 Å². The van der Waals surface area contributed by atoms with Gasteiger partial charge in [0, 0.05) is 32.0 Å². The molecule has 15 nitrogen and oxygen atoms in total. The van der Waals surface area contributed by atoms with Crippen LogP contribution < -0.4 is 10.1 Å². The van der Waals surface area contributed by atoms with Gasteiger partial charge in [-0.1, -0.05) is 38.1 Å². The maximum absolute atomic E-state index is 14.5. The Morgan fingerprint density at radius 1 is 1.07 bits per heavy atom. The number of aromatic nitrogens is 2. The van der Waals surface area contributed by atoms with Gasteiger partial charge in [0.25, 0.3) is 5.88 Å². The number of hydrogen-bond acceptors (Lipinski definition) is 15. The minimum atomic E-state index is -3.39. The molecule has 3 heterocycles. The third-order valence-corrected chi connectivity index (χ3v) is 13.0. The summed E-state index contributed by atoms with van der Waals surface area (Å²) >= 11 is 1.55. The van der Waals surface area contributed by atoms with Gasteiger partial charge in [0.05, 0.1) is 33.9 Å². The van der Waals surface area contributed by atoms with E-state index >= 15 is 0 Å². The number of ether oxygens (including phenoxy) is 5. The SMILES string of the molecule is CCOC(COc1cc([C@H](C(=O)N2C[C@H](OC(=O)OC(C)C(C)SS(C)(=O)=O)C[C@H]2C(=O)N[C@@H](C)c2ccc(-c3scnc3C)cc2)C(C)C)on1)OCC. The Morgan fingerprint density at radius 3 is 2.33 bits per heavy atom. The van der Waals surface area contributed by atoms with Crippen LogP contribution in [0.5, 0.6) is 5.88 Å². The van der Waals surface area contributed by atoms with Crippen LogP contribution in [0.15, 0.2) is 40.4 Å². The van der Waals surface area contributed by atoms with Crippen LogP contribution in [0.25, 0.3) is 10.4 Å². The maximum Gasteiger partial charge on any atom is 0.508 e. The molecule has 0 aliphatic carbocycles. The van der Waals surface area contributed by atoms with E-state index in [0.717, 1.165) is 28.0 Å². The van der Waals surface area contributed by atoms with E-state index < -0.39 is 68.6 Å². The van der Waals surface area contributed by atoms with Gasteiger partial charge in [-0.05, 0) is 74.5 Å². The first-order valence-electron chi connectivity index (χ1n) is 18.2. The average molecular weight is 825 g/mol. The molecule has 1 fully saturated rings. The zero-order valence-corrected chi connectivity index (χ0v) is 35.1. The molecule has 55 heavy (non-hydrogen) atoms. The lowest BCUT2D eigenvalue weighted by Gasteiger charge is -2.29. The highest BCUT2D eigenvalue weighted by molar-refractivity contribution is 8.72. The Kier molecular flexibility index (Phi) is 16.0. The number of rotatable bonds is 19. The highest BCUT2D eigenvalue weighted by Gasteiger charge is 2.45. The van der Waals surface area contributed by atoms with E-state index in [1.807, 2.05) is 65.8 Å². The molecule has 0 saturated carbocycles. The van der Waals surface area contributed by atoms with E-state index in [0.29, 0.717) is 24.0 Å². The second-order valence-corrected chi connectivity index (χ2v) is 19.2. The van der Waals surface area contributed by atoms with Crippen LogP contribution in [-0.4, -0.2) is 104 Å². The van der Waals surface area contributed by atoms with Gasteiger partial charge in [-0.15, -0.1) is 11.3 Å². The number of amides is 2. The summed E-state index contributed by atoms with van der Waals surface area (Å²) in [4.78, 5) is 48.2. The van der Waals surface area contributed by atoms with E-state index in [4.69, 9.17) is 28.2 Å². The molecule has 2 amide bonds. The van der Waals surface area contributed by atoms with E-state index in [1.54, 1.807) is 30.7 Å². The first kappa shape index (κ1) is 44.0. The lowest BCUT2D eigenvalue weighted by Crippen LogP contribution is -2.48. The molecule has 2 aromatic heterocycles. The van der Waals surface area contributed by atoms with Crippen molar-refractivity contribution in [2.45, 2.75) is 104 Å². The van der Waals surface area contributed by atoms with Crippen LogP contribution in [0, 0.1) is 12.8 Å². The molecule has 1 aromatic carbocycles. The van der Waals surface area contributed by atoms with E-state index in [-0.39, 0.29) is 37.1 Å². The fourth-order valence-corrected chi connectivity index (χ4v) is 9.80. The van der Waals surface area contributed by atoms with Crippen molar-refractivity contribution in [2.75, 3.05) is 32.6 Å². The van der Waals surface area contributed by atoms with Gasteiger partial charge in [0.15, 0.2) is 20.9 Å². The third kappa shape index (κ3) is 12.4. The second-order valence-electron chi connectivity index (χ2n) is 13.6. The van der Waals surface area contributed by atoms with Crippen LogP contribution in [0.4, 0.5) is 4.79 Å². The Bertz CT molecular complexity index is 1830. The number of carbonyl (C=O) groups excluding carboxylic acids is 3. The third-order valence-electron chi connectivity index (χ3n) is 8.98. The largest absolute Gasteiger partial charge is 0.508 e. The molecule has 1 saturated heterocycles. The Morgan fingerprint density at radius 2 is 1.75 bits per heavy atom. The number of thiazole rings is 1. The standard InChI is InChI=1S/C37H52N4O11S3/c1-10-47-32(48-11-2)19-49-31-17-30(52-40-31)33(21(3)4)36(43)41-18-28(51-37(44)50-24(7)25(8)54-55(9,45)46)16-29(41)35(42)39-22(5)26-12-14-27(15-13-26)34-23(6)38-20-53-34/h12-15,17,20-22,24-25,28-29,32-33H,10-11,16,18-19H2,1-9H3,(H,39,42)/t22-,24?,25?,28+,29-,33+/m0/s1. The monoisotopic (exact) mass is 824 g/mol. The van der Waals surface area contributed by atoms with Crippen LogP contribution in [0.3, 0.4) is 0 Å². The molecule has 0 bridgehead atoms. The lowest BCUT2D eigenvalue weighted by molar-refractivity contribution is -0.153. The first-order chi connectivity index (χ1) is 26.0. The number of nitrogens with one attached hydrogen (secondary N) is 1. The highest BCUT2D eigenvalue weighted by atomic mass is 33.1. The summed E-state index contributed by atoms with van der Waals surface area (Å²) in [6, 6.07) is 7.93. The molecule has 0 radical (unpaired) electrons. The molecule has 304 valence electrons. The maximum atomic E-state index is 14.5. The molecule has 1 N–H and O–H groups in total. The topological polar surface area (TPSA) is 186 Å². The number of carbonyl (C=O) groups is 3. The zero-order valence-electron chi connectivity index (χ0n) is 32.7. The molecule has 1 aliphatic heterocycles. The number of aryl methyl sites for hydroxylation is 1. The summed E-state index contributed by atoms with van der Waals surface area (Å²) in [6.45, 7) is 15.2. The van der Waals surface area contributed by atoms with Crippen molar-refractivity contribution in [3.8, 4) is 16.3 Å². The summed E-state index contributed by atoms with van der Waals surface area (Å²) in [6.07, 6.45) is -2.28. The summed E-state index contributed by atoms with van der Waals surface area (Å²) in [5, 5.41) is 6.47. The molecule has 6 atom stereocenters. The molecule has 4 rings (SSSR count). The second kappa shape index (κ2) is 19.9. The van der Waals surface area contributed by atoms with Crippen molar-refractivity contribution in [3.05, 3.63) is 52.9 Å². The van der Waals surface area contributed by atoms with Crippen molar-refractivity contribution in [2.24, 2.45) is 5.92 Å². The smallest absolute Gasteiger partial charge is 0.470 e. The van der Waals surface area contributed by atoms with Crippen LogP contribution in [0.2, 0.25) is 0 Å². The fraction of sp³-hybridized carbons (Fsp3) is 0.595. The van der Waals surface area contributed by atoms with Gasteiger partial charge in [-0.3, -0.25) is 9.59 Å². The molecule has 1 aliphatic rings. The minimum Gasteiger partial charge on any atom is -0.470 e. The number of nitrogens with zero attached hydrogens (tertiary/aromatic N) is 3. The highest BCUT2D eigenvalue weighted by Crippen LogP contribution is 2.34. The van der Waals surface area contributed by atoms with Gasteiger partial charge in [0.1, 0.15) is 30.8 Å². The van der Waals surface area contributed by atoms with Crippen LogP contribution >= 0.6 is 22.1 Å². The zero-order chi connectivity index (χ0) is 40.4. The molecule has 0 spiro atoms. The molecular weight excluding hydrogens is 773 g/mol. The molecule has 18 heteroatoms. The normalized spacial score (nSPS) is 18.2. The van der Waals surface area contributed by atoms with Crippen molar-refractivity contribution in [1.29, 1.82) is 0 Å². The first-order valence-corrected chi connectivity index (χ1v) is 22.4. The van der Waals surface area contributed by atoms with Gasteiger partial charge >= 0.3 is 6.16 Å². The number of hydrogen-bond donors (Lipinski definition) is 1. The summed E-state index contributed by atoms with van der Waals surface area (Å²) in [7, 11) is -2.72. The predicted molar refractivity (Wildman–Crippen MR) is 208 cm³/mol. The van der Waals surface area contributed by atoms with Crippen molar-refractivity contribution in [1.82, 2.24) is 20.4 Å². The number of benzene rings is 1. The molecule has 2 unspecified atom stereocenters. The number of likely N-dealkylation sites (tertiary alicyclic amines) is 1. The van der Waals surface area contributed by atoms with Crippen LogP contribution in [0.1, 0.15) is 83.9 Å². The average Bonchev–Trinajstić information content (AvgIpc) is 3.87. The Balaban J connectivity index is 1.53. The molecule has 3 aromatic rings. The van der Waals surface area contributed by atoms with Gasteiger partial charge < -0.3 is 38.4 Å². The summed E-state index contributed by atoms with van der Waals surface area (Å²) in [5.74, 6) is -1.65. The summed E-state index contributed by atoms with van der Waals surface area (Å²) in [5.41, 5.74) is 4.61. The van der Waals surface area contributed by atoms with Gasteiger partial charge in [0.2, 0.25) is 11.8 Å². The van der Waals surface area contributed by atoms with E-state index in [2.05, 4.69) is 15.5 Å². The van der Waals surface area contributed by atoms with Crippen molar-refractivity contribution >= 4 is 49.0 Å².